The van der Waals surface area contributed by atoms with Gasteiger partial charge in [0.15, 0.2) is 0 Å². The molecule has 1 atom stereocenters. The van der Waals surface area contributed by atoms with Gasteiger partial charge in [0.1, 0.15) is 11.3 Å². The lowest BCUT2D eigenvalue weighted by atomic mass is 9.81. The molecule has 1 saturated heterocycles. The number of ether oxygens (including phenoxy) is 1. The Balaban J connectivity index is 1.62. The number of rotatable bonds is 6. The molecule has 1 aliphatic heterocycles. The van der Waals surface area contributed by atoms with E-state index >= 15 is 0 Å². The molecule has 29 heavy (non-hydrogen) atoms. The van der Waals surface area contributed by atoms with Crippen molar-refractivity contribution in [3.05, 3.63) is 24.3 Å². The Kier molecular flexibility index (Phi) is 7.02. The number of hydrogen-bond acceptors (Lipinski definition) is 5. The van der Waals surface area contributed by atoms with Crippen LogP contribution in [0.4, 0.5) is 5.69 Å². The van der Waals surface area contributed by atoms with Crippen LogP contribution in [0.5, 0.6) is 5.75 Å². The Hall–Kier alpha value is -2.26. The highest BCUT2D eigenvalue weighted by molar-refractivity contribution is 5.82. The Morgan fingerprint density at radius 1 is 1.21 bits per heavy atom. The number of carbonyl (C=O) groups is 1. The van der Waals surface area contributed by atoms with Gasteiger partial charge in [-0.05, 0) is 38.8 Å². The van der Waals surface area contributed by atoms with E-state index in [4.69, 9.17) is 4.74 Å². The van der Waals surface area contributed by atoms with E-state index in [0.717, 1.165) is 69.7 Å². The quantitative estimate of drug-likeness (QED) is 0.736. The summed E-state index contributed by atoms with van der Waals surface area (Å²) in [7, 11) is 1.82. The number of para-hydroxylation sites is 2. The topological polar surface area (TPSA) is 59.8 Å². The molecule has 1 amide bonds. The molecule has 158 valence electrons. The summed E-state index contributed by atoms with van der Waals surface area (Å²) in [6.45, 7) is 7.98. The lowest BCUT2D eigenvalue weighted by molar-refractivity contribution is -0.140. The second-order valence-electron chi connectivity index (χ2n) is 8.20. The van der Waals surface area contributed by atoms with Crippen LogP contribution in [0.2, 0.25) is 0 Å². The average Bonchev–Trinajstić information content (AvgIpc) is 2.79. The van der Waals surface area contributed by atoms with Crippen molar-refractivity contribution >= 4 is 11.6 Å². The van der Waals surface area contributed by atoms with E-state index in [2.05, 4.69) is 21.9 Å². The Bertz CT molecular complexity index is 731. The van der Waals surface area contributed by atoms with Crippen molar-refractivity contribution < 1.29 is 9.53 Å². The van der Waals surface area contributed by atoms with Gasteiger partial charge < -0.3 is 14.5 Å². The van der Waals surface area contributed by atoms with Crippen LogP contribution in [-0.4, -0.2) is 67.1 Å². The van der Waals surface area contributed by atoms with Crippen LogP contribution in [-0.2, 0) is 4.79 Å². The van der Waals surface area contributed by atoms with E-state index in [-0.39, 0.29) is 11.9 Å². The first-order valence-corrected chi connectivity index (χ1v) is 10.9. The minimum atomic E-state index is -0.623. The molecule has 1 aromatic rings. The van der Waals surface area contributed by atoms with Crippen molar-refractivity contribution in [3.8, 4) is 11.8 Å². The van der Waals surface area contributed by atoms with Gasteiger partial charge in [0.2, 0.25) is 5.91 Å². The Morgan fingerprint density at radius 3 is 2.48 bits per heavy atom. The van der Waals surface area contributed by atoms with E-state index in [1.165, 1.54) is 0 Å². The third kappa shape index (κ3) is 4.51. The van der Waals surface area contributed by atoms with Gasteiger partial charge in [-0.3, -0.25) is 9.69 Å². The van der Waals surface area contributed by atoms with Crippen LogP contribution in [0.1, 0.15) is 46.0 Å². The van der Waals surface area contributed by atoms with Crippen LogP contribution in [0.25, 0.3) is 0 Å². The summed E-state index contributed by atoms with van der Waals surface area (Å²) in [5.74, 6) is 0.984. The fourth-order valence-corrected chi connectivity index (χ4v) is 4.65. The average molecular weight is 399 g/mol. The van der Waals surface area contributed by atoms with E-state index in [9.17, 15) is 10.1 Å². The van der Waals surface area contributed by atoms with Crippen LogP contribution < -0.4 is 9.64 Å². The number of benzene rings is 1. The largest absolute Gasteiger partial charge is 0.492 e. The van der Waals surface area contributed by atoms with Crippen molar-refractivity contribution in [2.45, 2.75) is 57.5 Å². The maximum atomic E-state index is 13.2. The SMILES string of the molecule is CCOc1ccccc1N1CCN([C@H](C)C(=O)N(C)C2(C#N)CCCCC2)CC1. The maximum Gasteiger partial charge on any atom is 0.240 e. The molecule has 0 spiro atoms. The van der Waals surface area contributed by atoms with Gasteiger partial charge in [-0.1, -0.05) is 31.4 Å². The van der Waals surface area contributed by atoms with Gasteiger partial charge >= 0.3 is 0 Å². The van der Waals surface area contributed by atoms with Gasteiger partial charge in [-0.15, -0.1) is 0 Å². The molecule has 6 nitrogen and oxygen atoms in total. The number of carbonyl (C=O) groups excluding carboxylic acids is 1. The van der Waals surface area contributed by atoms with Gasteiger partial charge in [0.05, 0.1) is 24.4 Å². The highest BCUT2D eigenvalue weighted by Gasteiger charge is 2.41. The van der Waals surface area contributed by atoms with Gasteiger partial charge in [-0.25, -0.2) is 0 Å². The molecule has 1 aliphatic carbocycles. The summed E-state index contributed by atoms with van der Waals surface area (Å²) < 4.78 is 5.78. The van der Waals surface area contributed by atoms with Crippen molar-refractivity contribution in [3.63, 3.8) is 0 Å². The molecule has 0 unspecified atom stereocenters. The number of anilines is 1. The minimum absolute atomic E-state index is 0.0663. The zero-order chi connectivity index (χ0) is 20.9. The lowest BCUT2D eigenvalue weighted by Gasteiger charge is -2.43. The standard InChI is InChI=1S/C23H34N4O2/c1-4-29-21-11-7-6-10-20(21)27-16-14-26(15-17-27)19(2)22(28)25(3)23(18-24)12-8-5-9-13-23/h6-7,10-11,19H,4-5,8-9,12-17H2,1-3H3/t19-/m1/s1. The normalized spacial score (nSPS) is 20.6. The second-order valence-corrected chi connectivity index (χ2v) is 8.20. The summed E-state index contributed by atoms with van der Waals surface area (Å²) in [6, 6.07) is 10.4. The van der Waals surface area contributed by atoms with Crippen LogP contribution >= 0.6 is 0 Å². The van der Waals surface area contributed by atoms with Gasteiger partial charge in [-0.2, -0.15) is 5.26 Å². The van der Waals surface area contributed by atoms with Crippen LogP contribution in [0, 0.1) is 11.3 Å². The summed E-state index contributed by atoms with van der Waals surface area (Å²) in [4.78, 5) is 19.5. The monoisotopic (exact) mass is 398 g/mol. The molecule has 0 N–H and O–H groups in total. The number of amides is 1. The number of nitrogens with zero attached hydrogens (tertiary/aromatic N) is 4. The van der Waals surface area contributed by atoms with Crippen LogP contribution in [0.3, 0.4) is 0 Å². The minimum Gasteiger partial charge on any atom is -0.492 e. The summed E-state index contributed by atoms with van der Waals surface area (Å²) in [5, 5.41) is 9.81. The molecule has 3 rings (SSSR count). The Morgan fingerprint density at radius 2 is 1.86 bits per heavy atom. The third-order valence-corrected chi connectivity index (χ3v) is 6.59. The summed E-state index contributed by atoms with van der Waals surface area (Å²) >= 11 is 0. The maximum absolute atomic E-state index is 13.2. The van der Waals surface area contributed by atoms with Crippen molar-refractivity contribution in [1.82, 2.24) is 9.80 Å². The van der Waals surface area contributed by atoms with E-state index in [1.807, 2.05) is 39.1 Å². The molecule has 2 aliphatic rings. The number of likely N-dealkylation sites (N-methyl/N-ethyl adjacent to an activating group) is 1. The zero-order valence-electron chi connectivity index (χ0n) is 18.1. The second kappa shape index (κ2) is 9.49. The fraction of sp³-hybridized carbons (Fsp3) is 0.652. The number of hydrogen-bond donors (Lipinski definition) is 0. The highest BCUT2D eigenvalue weighted by Crippen LogP contribution is 2.33. The van der Waals surface area contributed by atoms with Gasteiger partial charge in [0, 0.05) is 33.2 Å². The number of piperazine rings is 1. The lowest BCUT2D eigenvalue weighted by Crippen LogP contribution is -2.58. The molecule has 6 heteroatoms. The molecular formula is C23H34N4O2. The van der Waals surface area contributed by atoms with Crippen molar-refractivity contribution in [2.24, 2.45) is 0 Å². The van der Waals surface area contributed by atoms with Crippen LogP contribution in [0.15, 0.2) is 24.3 Å². The predicted octanol–water partition coefficient (Wildman–Crippen LogP) is 3.28. The first-order valence-electron chi connectivity index (χ1n) is 10.9. The van der Waals surface area contributed by atoms with E-state index in [0.29, 0.717) is 6.61 Å². The molecule has 0 bridgehead atoms. The summed E-state index contributed by atoms with van der Waals surface area (Å²) in [6.07, 6.45) is 4.79. The van der Waals surface area contributed by atoms with Gasteiger partial charge in [0.25, 0.3) is 0 Å². The molecule has 2 fully saturated rings. The molecule has 0 aromatic heterocycles. The predicted molar refractivity (Wildman–Crippen MR) is 115 cm³/mol. The molecule has 1 saturated carbocycles. The zero-order valence-corrected chi connectivity index (χ0v) is 18.1. The smallest absolute Gasteiger partial charge is 0.240 e. The number of nitriles is 1. The highest BCUT2D eigenvalue weighted by atomic mass is 16.5. The fourth-order valence-electron chi connectivity index (χ4n) is 4.65. The van der Waals surface area contributed by atoms with E-state index in [1.54, 1.807) is 4.90 Å². The third-order valence-electron chi connectivity index (χ3n) is 6.59. The Labute approximate surface area is 175 Å². The summed E-state index contributed by atoms with van der Waals surface area (Å²) in [5.41, 5.74) is 0.498. The van der Waals surface area contributed by atoms with Crippen molar-refractivity contribution in [1.29, 1.82) is 5.26 Å². The van der Waals surface area contributed by atoms with Crippen molar-refractivity contribution in [2.75, 3.05) is 44.7 Å². The molecule has 1 heterocycles. The van der Waals surface area contributed by atoms with E-state index < -0.39 is 5.54 Å². The molecular weight excluding hydrogens is 364 g/mol. The first kappa shape index (κ1) is 21.4. The first-order chi connectivity index (χ1) is 14.0. The molecule has 1 aromatic carbocycles. The molecule has 0 radical (unpaired) electrons.